The van der Waals surface area contributed by atoms with Gasteiger partial charge in [0.15, 0.2) is 0 Å². The van der Waals surface area contributed by atoms with E-state index in [-0.39, 0.29) is 27.9 Å². The minimum Gasteiger partial charge on any atom is -0.423 e. The molecule has 9 rings (SSSR count). The van der Waals surface area contributed by atoms with Gasteiger partial charge < -0.3 is 18.9 Å². The summed E-state index contributed by atoms with van der Waals surface area (Å²) in [6, 6.07) is 17.0. The fourth-order valence-electron chi connectivity index (χ4n) is 6.78. The van der Waals surface area contributed by atoms with E-state index in [1.165, 1.54) is 0 Å². The van der Waals surface area contributed by atoms with E-state index in [4.69, 9.17) is 4.98 Å². The molecule has 4 aromatic rings. The van der Waals surface area contributed by atoms with Gasteiger partial charge >= 0.3 is 27.9 Å². The summed E-state index contributed by atoms with van der Waals surface area (Å²) in [6.45, 7) is 0.192. The molecule has 0 bridgehead atoms. The second-order valence-corrected chi connectivity index (χ2v) is 10.6. The Kier molecular flexibility index (Phi) is 4.55. The summed E-state index contributed by atoms with van der Waals surface area (Å²) < 4.78 is 14.4. The number of allylic oxidation sites excluding steroid dienone is 8. The van der Waals surface area contributed by atoms with E-state index in [0.29, 0.717) is 0 Å². The maximum Gasteiger partial charge on any atom is 0.382 e. The first-order valence-corrected chi connectivity index (χ1v) is 13.8. The zero-order valence-corrected chi connectivity index (χ0v) is 21.7. The number of rotatable bonds is 1. The topological polar surface area (TPSA) is 35.2 Å². The van der Waals surface area contributed by atoms with Crippen molar-refractivity contribution in [3.05, 3.63) is 140 Å². The number of hydrogen-bond acceptors (Lipinski definition) is 5. The van der Waals surface area contributed by atoms with E-state index in [0.717, 1.165) is 33.5 Å². The first kappa shape index (κ1) is 22.0. The molecule has 0 atom stereocenters. The van der Waals surface area contributed by atoms with Crippen LogP contribution in [0.2, 0.25) is 0 Å². The molecule has 0 amide bonds. The van der Waals surface area contributed by atoms with Gasteiger partial charge in [0.25, 0.3) is 0 Å². The number of para-hydroxylation sites is 4. The van der Waals surface area contributed by atoms with Gasteiger partial charge in [0.1, 0.15) is 0 Å². The Balaban J connectivity index is 1.26. The Morgan fingerprint density at radius 1 is 0.525 bits per heavy atom. The Bertz CT molecular complexity index is 1910. The van der Waals surface area contributed by atoms with Gasteiger partial charge in [-0.1, -0.05) is 60.4 Å². The summed E-state index contributed by atoms with van der Waals surface area (Å²) >= 11 is 0. The van der Waals surface area contributed by atoms with Crippen LogP contribution in [-0.2, 0) is 0 Å². The third-order valence-electron chi connectivity index (χ3n) is 8.50. The summed E-state index contributed by atoms with van der Waals surface area (Å²) in [4.78, 5) is 5.11. The summed E-state index contributed by atoms with van der Waals surface area (Å²) in [6.07, 6.45) is 24.0. The third-order valence-corrected chi connectivity index (χ3v) is 8.50. The SMILES string of the molecule is C1=CB2N(C=C1)B1C=CC=CN1B1C=C(n3c4ccccc4n4c5ccccc5nc34)C=CN1B1C=CC=CN21. The number of imidazole rings is 2. The van der Waals surface area contributed by atoms with Crippen LogP contribution in [0, 0.1) is 0 Å². The minimum absolute atomic E-state index is 0.0271. The Morgan fingerprint density at radius 3 is 1.75 bits per heavy atom. The summed E-state index contributed by atoms with van der Waals surface area (Å²) in [7, 11) is 0. The number of fused-ring (bicyclic) bond motifs is 13. The van der Waals surface area contributed by atoms with Gasteiger partial charge in [0, 0.05) is 5.70 Å². The molecule has 0 N–H and O–H groups in total. The molecule has 7 nitrogen and oxygen atoms in total. The molecule has 186 valence electrons. The molecule has 1 fully saturated rings. The third kappa shape index (κ3) is 2.97. The predicted octanol–water partition coefficient (Wildman–Crippen LogP) is 4.39. The van der Waals surface area contributed by atoms with Gasteiger partial charge in [-0.15, -0.1) is 0 Å². The van der Waals surface area contributed by atoms with Crippen molar-refractivity contribution < 1.29 is 0 Å². The molecule has 2 aromatic heterocycles. The molecule has 11 heteroatoms. The Morgan fingerprint density at radius 2 is 1.07 bits per heavy atom. The summed E-state index contributed by atoms with van der Waals surface area (Å²) in [5.41, 5.74) is 5.52. The van der Waals surface area contributed by atoms with Gasteiger partial charge in [-0.05, 0) is 79.3 Å². The molecule has 5 aliphatic heterocycles. The van der Waals surface area contributed by atoms with Gasteiger partial charge in [-0.2, -0.15) is 0 Å². The van der Waals surface area contributed by atoms with Crippen LogP contribution in [0.15, 0.2) is 140 Å². The van der Waals surface area contributed by atoms with E-state index in [1.54, 1.807) is 0 Å². The van der Waals surface area contributed by atoms with Crippen LogP contribution in [0.4, 0.5) is 0 Å². The van der Waals surface area contributed by atoms with Crippen LogP contribution < -0.4 is 0 Å². The lowest BCUT2D eigenvalue weighted by Gasteiger charge is -2.53. The van der Waals surface area contributed by atoms with E-state index >= 15 is 0 Å². The molecule has 0 radical (unpaired) electrons. The van der Waals surface area contributed by atoms with Crippen LogP contribution in [0.25, 0.3) is 33.5 Å². The van der Waals surface area contributed by atoms with Gasteiger partial charge in [0.2, 0.25) is 5.78 Å². The smallest absolute Gasteiger partial charge is 0.382 e. The van der Waals surface area contributed by atoms with Gasteiger partial charge in [-0.25, -0.2) is 4.98 Å². The zero-order chi connectivity index (χ0) is 26.2. The van der Waals surface area contributed by atoms with Crippen LogP contribution >= 0.6 is 0 Å². The minimum atomic E-state index is -0.0271. The number of benzene rings is 2. The van der Waals surface area contributed by atoms with Crippen LogP contribution in [0.3, 0.4) is 0 Å². The summed E-state index contributed by atoms with van der Waals surface area (Å²) in [5.74, 6) is 10.2. The second kappa shape index (κ2) is 8.29. The van der Waals surface area contributed by atoms with Crippen molar-refractivity contribution in [2.75, 3.05) is 0 Å². The van der Waals surface area contributed by atoms with E-state index < -0.39 is 0 Å². The van der Waals surface area contributed by atoms with E-state index in [1.807, 2.05) is 0 Å². The first-order valence-electron chi connectivity index (χ1n) is 13.8. The maximum atomic E-state index is 5.11. The second-order valence-electron chi connectivity index (χ2n) is 10.6. The van der Waals surface area contributed by atoms with Crippen molar-refractivity contribution in [2.24, 2.45) is 0 Å². The average molecular weight is 513 g/mol. The molecule has 0 saturated carbocycles. The lowest BCUT2D eigenvalue weighted by atomic mass is 9.42. The predicted molar refractivity (Wildman–Crippen MR) is 167 cm³/mol. The molecular weight excluding hydrogens is 490 g/mol. The molecule has 0 unspecified atom stereocenters. The molecule has 0 aliphatic carbocycles. The lowest BCUT2D eigenvalue weighted by Crippen LogP contribution is -2.73. The van der Waals surface area contributed by atoms with Crippen molar-refractivity contribution in [1.29, 1.82) is 0 Å². The lowest BCUT2D eigenvalue weighted by molar-refractivity contribution is 0.622. The number of aromatic nitrogens is 3. The highest BCUT2D eigenvalue weighted by atomic mass is 15.3. The molecule has 7 heterocycles. The van der Waals surface area contributed by atoms with Crippen molar-refractivity contribution in [2.45, 2.75) is 0 Å². The number of nitrogens with zero attached hydrogens (tertiary/aromatic N) is 7. The van der Waals surface area contributed by atoms with Crippen LogP contribution in [-0.4, -0.2) is 60.8 Å². The van der Waals surface area contributed by atoms with Crippen molar-refractivity contribution >= 4 is 61.5 Å². The Hall–Kier alpha value is -4.91. The fraction of sp³-hybridized carbons (Fsp3) is 0. The highest BCUT2D eigenvalue weighted by Gasteiger charge is 2.50. The molecule has 0 spiro atoms. The first-order chi connectivity index (χ1) is 19.9. The summed E-state index contributed by atoms with van der Waals surface area (Å²) in [5, 5.41) is 0. The molecule has 40 heavy (non-hydrogen) atoms. The largest absolute Gasteiger partial charge is 0.423 e. The van der Waals surface area contributed by atoms with Crippen molar-refractivity contribution in [3.8, 4) is 0 Å². The molecule has 1 saturated heterocycles. The highest BCUT2D eigenvalue weighted by molar-refractivity contribution is 6.92. The molecular formula is C29H23B4N7. The zero-order valence-electron chi connectivity index (χ0n) is 21.7. The molecule has 5 aliphatic rings. The maximum absolute atomic E-state index is 5.11. The normalized spacial score (nSPS) is 19.1. The van der Waals surface area contributed by atoms with Gasteiger partial charge in [-0.3, -0.25) is 8.97 Å². The van der Waals surface area contributed by atoms with Crippen molar-refractivity contribution in [1.82, 2.24) is 32.8 Å². The van der Waals surface area contributed by atoms with Gasteiger partial charge in [0.05, 0.1) is 22.1 Å². The average Bonchev–Trinajstić information content (AvgIpc) is 3.55. The molecule has 2 aromatic carbocycles. The fourth-order valence-corrected chi connectivity index (χ4v) is 6.78. The van der Waals surface area contributed by atoms with Crippen molar-refractivity contribution in [3.63, 3.8) is 0 Å². The number of hydrogen-bond donors (Lipinski definition) is 0. The highest BCUT2D eigenvalue weighted by Crippen LogP contribution is 2.33. The van der Waals surface area contributed by atoms with E-state index in [2.05, 4.69) is 168 Å². The monoisotopic (exact) mass is 513 g/mol. The van der Waals surface area contributed by atoms with E-state index in [9.17, 15) is 0 Å². The van der Waals surface area contributed by atoms with Crippen LogP contribution in [0.5, 0.6) is 0 Å². The van der Waals surface area contributed by atoms with Crippen LogP contribution in [0.1, 0.15) is 0 Å². The standard InChI is InChI=1S/C29H23B4N7/c1-2-12-26-25(11-1)34-29-39(27-13-3-4-14-28(27)40(26)29)24-15-22-38-32-18-6-9-20-36(32)30-16-5-8-19-35(30)31-17-7-10-21-37(31)33(38)23-24/h1-23H. The Labute approximate surface area is 233 Å². The quantitative estimate of drug-likeness (QED) is 0.354.